The summed E-state index contributed by atoms with van der Waals surface area (Å²) >= 11 is 6.16. The molecule has 0 spiro atoms. The number of nitrogens with one attached hydrogen (secondary N) is 1. The van der Waals surface area contributed by atoms with Gasteiger partial charge < -0.3 is 10.1 Å². The number of nitrogens with zero attached hydrogens (tertiary/aromatic N) is 3. The van der Waals surface area contributed by atoms with Gasteiger partial charge in [0.1, 0.15) is 5.75 Å². The zero-order valence-corrected chi connectivity index (χ0v) is 17.9. The first-order chi connectivity index (χ1) is 14.4. The van der Waals surface area contributed by atoms with E-state index in [-0.39, 0.29) is 5.91 Å². The monoisotopic (exact) mass is 420 g/mol. The summed E-state index contributed by atoms with van der Waals surface area (Å²) in [6.07, 6.45) is 1.59. The second-order valence-electron chi connectivity index (χ2n) is 7.13. The van der Waals surface area contributed by atoms with Gasteiger partial charge in [-0.3, -0.25) is 4.79 Å². The molecule has 0 saturated heterocycles. The molecule has 2 aromatic heterocycles. The van der Waals surface area contributed by atoms with E-state index in [4.69, 9.17) is 16.3 Å². The van der Waals surface area contributed by atoms with Crippen LogP contribution >= 0.6 is 11.6 Å². The molecule has 0 saturated carbocycles. The summed E-state index contributed by atoms with van der Waals surface area (Å²) in [7, 11) is 1.54. The van der Waals surface area contributed by atoms with Crippen molar-refractivity contribution in [3.63, 3.8) is 0 Å². The zero-order chi connectivity index (χ0) is 21.4. The molecule has 7 heteroatoms. The first kappa shape index (κ1) is 19.9. The number of amides is 1. The number of anilines is 1. The Bertz CT molecular complexity index is 1280. The number of hydrogen-bond donors (Lipinski definition) is 1. The van der Waals surface area contributed by atoms with Crippen molar-refractivity contribution in [2.24, 2.45) is 0 Å². The summed E-state index contributed by atoms with van der Waals surface area (Å²) in [4.78, 5) is 17.5. The Hall–Kier alpha value is -3.38. The largest absolute Gasteiger partial charge is 0.495 e. The van der Waals surface area contributed by atoms with Gasteiger partial charge in [0.05, 0.1) is 29.1 Å². The number of hydrogen-bond acceptors (Lipinski definition) is 4. The van der Waals surface area contributed by atoms with Gasteiger partial charge in [-0.15, -0.1) is 0 Å². The SMILES string of the molecule is COc1ccc(NC(=O)c2cnc3c(-c4cccc(C)c4)c(C)nn3c2C)cc1Cl. The topological polar surface area (TPSA) is 68.5 Å². The second kappa shape index (κ2) is 7.80. The number of carbonyl (C=O) groups is 1. The van der Waals surface area contributed by atoms with Crippen LogP contribution in [0.15, 0.2) is 48.7 Å². The third-order valence-corrected chi connectivity index (χ3v) is 5.32. The van der Waals surface area contributed by atoms with E-state index in [1.807, 2.05) is 26.0 Å². The minimum atomic E-state index is -0.284. The summed E-state index contributed by atoms with van der Waals surface area (Å²) in [6, 6.07) is 13.3. The summed E-state index contributed by atoms with van der Waals surface area (Å²) in [5.74, 6) is 0.262. The van der Waals surface area contributed by atoms with Crippen LogP contribution in [0.3, 0.4) is 0 Å². The highest BCUT2D eigenvalue weighted by Gasteiger charge is 2.19. The lowest BCUT2D eigenvalue weighted by atomic mass is 10.0. The van der Waals surface area contributed by atoms with Crippen molar-refractivity contribution in [2.75, 3.05) is 12.4 Å². The predicted molar refractivity (Wildman–Crippen MR) is 119 cm³/mol. The number of carbonyl (C=O) groups excluding carboxylic acids is 1. The fourth-order valence-corrected chi connectivity index (χ4v) is 3.76. The van der Waals surface area contributed by atoms with Gasteiger partial charge in [-0.2, -0.15) is 5.10 Å². The first-order valence-corrected chi connectivity index (χ1v) is 9.83. The molecule has 4 rings (SSSR count). The molecule has 2 heterocycles. The lowest BCUT2D eigenvalue weighted by Gasteiger charge is -2.10. The van der Waals surface area contributed by atoms with Crippen LogP contribution in [0.2, 0.25) is 5.02 Å². The average Bonchev–Trinajstić information content (AvgIpc) is 3.05. The molecule has 0 bridgehead atoms. The molecule has 0 aliphatic heterocycles. The molecule has 0 atom stereocenters. The van der Waals surface area contributed by atoms with E-state index in [9.17, 15) is 4.79 Å². The number of ether oxygens (including phenoxy) is 1. The van der Waals surface area contributed by atoms with Gasteiger partial charge in [-0.05, 0) is 44.5 Å². The van der Waals surface area contributed by atoms with Crippen LogP contribution in [0.25, 0.3) is 16.8 Å². The molecule has 0 aliphatic carbocycles. The highest BCUT2D eigenvalue weighted by Crippen LogP contribution is 2.30. The van der Waals surface area contributed by atoms with Crippen molar-refractivity contribution < 1.29 is 9.53 Å². The van der Waals surface area contributed by atoms with Gasteiger partial charge in [0.25, 0.3) is 5.91 Å². The number of halogens is 1. The molecule has 0 unspecified atom stereocenters. The lowest BCUT2D eigenvalue weighted by molar-refractivity contribution is 0.102. The quantitative estimate of drug-likeness (QED) is 0.490. The fraction of sp³-hybridized carbons (Fsp3) is 0.174. The van der Waals surface area contributed by atoms with Crippen LogP contribution in [0.4, 0.5) is 5.69 Å². The maximum absolute atomic E-state index is 12.9. The average molecular weight is 421 g/mol. The Morgan fingerprint density at radius 2 is 1.93 bits per heavy atom. The van der Waals surface area contributed by atoms with Crippen LogP contribution in [0.5, 0.6) is 5.75 Å². The van der Waals surface area contributed by atoms with Crippen LogP contribution in [0, 0.1) is 20.8 Å². The van der Waals surface area contributed by atoms with Gasteiger partial charge in [0, 0.05) is 17.4 Å². The molecule has 0 fully saturated rings. The molecule has 6 nitrogen and oxygen atoms in total. The molecule has 4 aromatic rings. The highest BCUT2D eigenvalue weighted by atomic mass is 35.5. The minimum Gasteiger partial charge on any atom is -0.495 e. The van der Waals surface area contributed by atoms with Crippen molar-refractivity contribution in [3.05, 3.63) is 76.2 Å². The van der Waals surface area contributed by atoms with Crippen molar-refractivity contribution in [1.29, 1.82) is 0 Å². The van der Waals surface area contributed by atoms with Crippen LogP contribution in [-0.4, -0.2) is 27.6 Å². The van der Waals surface area contributed by atoms with E-state index < -0.39 is 0 Å². The van der Waals surface area contributed by atoms with Crippen LogP contribution in [0.1, 0.15) is 27.3 Å². The van der Waals surface area contributed by atoms with Crippen LogP contribution < -0.4 is 10.1 Å². The molecular weight excluding hydrogens is 400 g/mol. The van der Waals surface area contributed by atoms with Gasteiger partial charge in [0.15, 0.2) is 5.65 Å². The number of aryl methyl sites for hydroxylation is 3. The summed E-state index contributed by atoms with van der Waals surface area (Å²) in [5.41, 5.74) is 6.48. The molecule has 1 amide bonds. The maximum Gasteiger partial charge on any atom is 0.259 e. The van der Waals surface area contributed by atoms with E-state index in [0.717, 1.165) is 28.0 Å². The molecule has 2 aromatic carbocycles. The Kier molecular flexibility index (Phi) is 5.18. The zero-order valence-electron chi connectivity index (χ0n) is 17.2. The molecule has 0 radical (unpaired) electrons. The van der Waals surface area contributed by atoms with Gasteiger partial charge in [-0.1, -0.05) is 41.4 Å². The predicted octanol–water partition coefficient (Wildman–Crippen LogP) is 5.24. The molecule has 1 N–H and O–H groups in total. The van der Waals surface area contributed by atoms with Crippen molar-refractivity contribution in [2.45, 2.75) is 20.8 Å². The Labute approximate surface area is 179 Å². The molecule has 152 valence electrons. The third-order valence-electron chi connectivity index (χ3n) is 5.02. The molecule has 30 heavy (non-hydrogen) atoms. The maximum atomic E-state index is 12.9. The minimum absolute atomic E-state index is 0.284. The van der Waals surface area contributed by atoms with Crippen molar-refractivity contribution in [3.8, 4) is 16.9 Å². The van der Waals surface area contributed by atoms with Gasteiger partial charge >= 0.3 is 0 Å². The van der Waals surface area contributed by atoms with Gasteiger partial charge in [-0.25, -0.2) is 9.50 Å². The number of aromatic nitrogens is 3. The van der Waals surface area contributed by atoms with Crippen LogP contribution in [-0.2, 0) is 0 Å². The summed E-state index contributed by atoms with van der Waals surface area (Å²) in [6.45, 7) is 5.86. The normalized spacial score (nSPS) is 11.0. The number of rotatable bonds is 4. The van der Waals surface area contributed by atoms with Crippen molar-refractivity contribution in [1.82, 2.24) is 14.6 Å². The first-order valence-electron chi connectivity index (χ1n) is 9.46. The second-order valence-corrected chi connectivity index (χ2v) is 7.53. The number of fused-ring (bicyclic) bond motifs is 1. The third kappa shape index (κ3) is 3.50. The van der Waals surface area contributed by atoms with E-state index in [2.05, 4.69) is 34.5 Å². The molecular formula is C23H21ClN4O2. The number of benzene rings is 2. The van der Waals surface area contributed by atoms with E-state index in [0.29, 0.717) is 27.7 Å². The summed E-state index contributed by atoms with van der Waals surface area (Å²) in [5, 5.41) is 7.92. The van der Waals surface area contributed by atoms with Crippen molar-refractivity contribution >= 4 is 28.8 Å². The van der Waals surface area contributed by atoms with E-state index in [1.165, 1.54) is 0 Å². The smallest absolute Gasteiger partial charge is 0.259 e. The highest BCUT2D eigenvalue weighted by molar-refractivity contribution is 6.32. The molecule has 0 aliphatic rings. The Morgan fingerprint density at radius 1 is 1.13 bits per heavy atom. The number of methoxy groups -OCH3 is 1. The fourth-order valence-electron chi connectivity index (χ4n) is 3.51. The Balaban J connectivity index is 1.72. The van der Waals surface area contributed by atoms with E-state index >= 15 is 0 Å². The van der Waals surface area contributed by atoms with Gasteiger partial charge in [0.2, 0.25) is 0 Å². The summed E-state index contributed by atoms with van der Waals surface area (Å²) < 4.78 is 6.87. The standard InChI is InChI=1S/C23H21ClN4O2/c1-13-6-5-7-16(10-13)21-14(2)27-28-15(3)18(12-25-22(21)28)23(29)26-17-8-9-20(30-4)19(24)11-17/h5-12H,1-4H3,(H,26,29). The Morgan fingerprint density at radius 3 is 2.63 bits per heavy atom. The van der Waals surface area contributed by atoms with E-state index in [1.54, 1.807) is 36.0 Å². The lowest BCUT2D eigenvalue weighted by Crippen LogP contribution is -2.16.